The number of fused-ring (bicyclic) bond motifs is 1. The largest absolute Gasteiger partial charge is 0.493 e. The van der Waals surface area contributed by atoms with Crippen molar-refractivity contribution in [1.29, 1.82) is 0 Å². The highest BCUT2D eigenvalue weighted by atomic mass is 16.6. The van der Waals surface area contributed by atoms with Gasteiger partial charge >= 0.3 is 6.09 Å². The zero-order valence-electron chi connectivity index (χ0n) is 17.4. The van der Waals surface area contributed by atoms with Crippen LogP contribution in [0.2, 0.25) is 0 Å². The smallest absolute Gasteiger partial charge is 0.407 e. The van der Waals surface area contributed by atoms with Gasteiger partial charge in [-0.15, -0.1) is 0 Å². The number of alkyl carbamates (subject to hydrolysis) is 1. The molecular formula is C22H31NO5. The number of aliphatic hydroxyl groups is 1. The van der Waals surface area contributed by atoms with Gasteiger partial charge in [0.15, 0.2) is 0 Å². The summed E-state index contributed by atoms with van der Waals surface area (Å²) < 4.78 is 17.1. The van der Waals surface area contributed by atoms with Gasteiger partial charge in [-0.2, -0.15) is 0 Å². The zero-order valence-corrected chi connectivity index (χ0v) is 17.4. The first-order chi connectivity index (χ1) is 13.3. The van der Waals surface area contributed by atoms with Gasteiger partial charge in [0.1, 0.15) is 17.1 Å². The van der Waals surface area contributed by atoms with E-state index in [1.165, 1.54) is 0 Å². The summed E-state index contributed by atoms with van der Waals surface area (Å²) in [5.41, 5.74) is 0.206. The van der Waals surface area contributed by atoms with Gasteiger partial charge in [-0.05, 0) is 46.1 Å². The van der Waals surface area contributed by atoms with Crippen LogP contribution in [0.4, 0.5) is 4.79 Å². The maximum absolute atomic E-state index is 12.1. The number of benzene rings is 2. The molecule has 1 unspecified atom stereocenters. The summed E-state index contributed by atoms with van der Waals surface area (Å²) in [6.45, 7) is 9.99. The van der Waals surface area contributed by atoms with Crippen LogP contribution in [-0.2, 0) is 11.2 Å². The first kappa shape index (κ1) is 21.8. The molecule has 1 atom stereocenters. The molecule has 0 aliphatic heterocycles. The Hall–Kier alpha value is -2.47. The summed E-state index contributed by atoms with van der Waals surface area (Å²) in [6, 6.07) is 9.36. The number of amides is 1. The molecule has 0 spiro atoms. The fourth-order valence-electron chi connectivity index (χ4n) is 3.00. The molecule has 154 valence electrons. The maximum Gasteiger partial charge on any atom is 0.407 e. The van der Waals surface area contributed by atoms with Gasteiger partial charge in [0, 0.05) is 17.4 Å². The SMILES string of the molecule is CCOc1cc2ccccc2c(OCC)c1CC(CO)NC(=O)OC(C)(C)C. The molecule has 0 bridgehead atoms. The molecule has 0 radical (unpaired) electrons. The molecule has 0 heterocycles. The van der Waals surface area contributed by atoms with E-state index in [2.05, 4.69) is 5.32 Å². The van der Waals surface area contributed by atoms with Crippen LogP contribution < -0.4 is 14.8 Å². The van der Waals surface area contributed by atoms with Crippen LogP contribution in [0.1, 0.15) is 40.2 Å². The molecule has 6 nitrogen and oxygen atoms in total. The van der Waals surface area contributed by atoms with E-state index in [0.717, 1.165) is 16.3 Å². The average molecular weight is 389 g/mol. The van der Waals surface area contributed by atoms with Crippen molar-refractivity contribution in [3.05, 3.63) is 35.9 Å². The molecule has 0 fully saturated rings. The van der Waals surface area contributed by atoms with Crippen LogP contribution in [-0.4, -0.2) is 42.7 Å². The minimum absolute atomic E-state index is 0.233. The summed E-state index contributed by atoms with van der Waals surface area (Å²) in [7, 11) is 0. The Morgan fingerprint density at radius 2 is 1.82 bits per heavy atom. The fourth-order valence-corrected chi connectivity index (χ4v) is 3.00. The molecule has 0 aliphatic rings. The lowest BCUT2D eigenvalue weighted by Gasteiger charge is -2.24. The highest BCUT2D eigenvalue weighted by Gasteiger charge is 2.23. The van der Waals surface area contributed by atoms with Gasteiger partial charge in [-0.3, -0.25) is 0 Å². The van der Waals surface area contributed by atoms with Crippen molar-refractivity contribution in [3.63, 3.8) is 0 Å². The standard InChI is InChI=1S/C22H31NO5/c1-6-26-19-12-15-10-8-9-11-17(15)20(27-7-2)18(19)13-16(14-24)23-21(25)28-22(3,4)5/h8-12,16,24H,6-7,13-14H2,1-5H3,(H,23,25). The molecule has 2 aromatic rings. The van der Waals surface area contributed by atoms with E-state index in [-0.39, 0.29) is 6.61 Å². The Morgan fingerprint density at radius 1 is 1.14 bits per heavy atom. The average Bonchev–Trinajstić information content (AvgIpc) is 2.62. The lowest BCUT2D eigenvalue weighted by molar-refractivity contribution is 0.0482. The van der Waals surface area contributed by atoms with Crippen molar-refractivity contribution in [2.45, 2.75) is 52.7 Å². The number of carbonyl (C=O) groups is 1. The lowest BCUT2D eigenvalue weighted by atomic mass is 9.98. The maximum atomic E-state index is 12.1. The molecule has 2 aromatic carbocycles. The van der Waals surface area contributed by atoms with Gasteiger partial charge in [0.25, 0.3) is 0 Å². The molecule has 2 N–H and O–H groups in total. The molecule has 0 saturated heterocycles. The molecule has 1 amide bonds. The number of nitrogens with one attached hydrogen (secondary N) is 1. The second-order valence-electron chi connectivity index (χ2n) is 7.50. The van der Waals surface area contributed by atoms with E-state index >= 15 is 0 Å². The molecule has 6 heteroatoms. The lowest BCUT2D eigenvalue weighted by Crippen LogP contribution is -2.42. The van der Waals surface area contributed by atoms with E-state index < -0.39 is 17.7 Å². The Balaban J connectivity index is 2.40. The second kappa shape index (κ2) is 9.64. The van der Waals surface area contributed by atoms with Crippen molar-refractivity contribution in [1.82, 2.24) is 5.32 Å². The van der Waals surface area contributed by atoms with Crippen LogP contribution >= 0.6 is 0 Å². The fraction of sp³-hybridized carbons (Fsp3) is 0.500. The van der Waals surface area contributed by atoms with Crippen LogP contribution in [0.25, 0.3) is 10.8 Å². The first-order valence-corrected chi connectivity index (χ1v) is 9.69. The molecule has 2 rings (SSSR count). The Bertz CT molecular complexity index is 797. The van der Waals surface area contributed by atoms with Gasteiger partial charge in [0.05, 0.1) is 25.9 Å². The van der Waals surface area contributed by atoms with Crippen LogP contribution in [0, 0.1) is 0 Å². The van der Waals surface area contributed by atoms with E-state index in [9.17, 15) is 9.90 Å². The molecule has 28 heavy (non-hydrogen) atoms. The predicted octanol–water partition coefficient (Wildman–Crippen LogP) is 4.07. The quantitative estimate of drug-likeness (QED) is 0.712. The van der Waals surface area contributed by atoms with Crippen molar-refractivity contribution >= 4 is 16.9 Å². The Morgan fingerprint density at radius 3 is 2.43 bits per heavy atom. The third kappa shape index (κ3) is 5.76. The first-order valence-electron chi connectivity index (χ1n) is 9.69. The van der Waals surface area contributed by atoms with Gasteiger partial charge < -0.3 is 24.6 Å². The Kier molecular flexibility index (Phi) is 7.52. The van der Waals surface area contributed by atoms with E-state index in [4.69, 9.17) is 14.2 Å². The summed E-state index contributed by atoms with van der Waals surface area (Å²) in [4.78, 5) is 12.1. The summed E-state index contributed by atoms with van der Waals surface area (Å²) in [5.74, 6) is 1.41. The van der Waals surface area contributed by atoms with E-state index in [1.54, 1.807) is 20.8 Å². The summed E-state index contributed by atoms with van der Waals surface area (Å²) in [6.07, 6.45) is -0.214. The predicted molar refractivity (Wildman–Crippen MR) is 110 cm³/mol. The third-order valence-corrected chi connectivity index (χ3v) is 4.04. The Labute approximate surface area is 166 Å². The van der Waals surface area contributed by atoms with E-state index in [0.29, 0.717) is 31.1 Å². The van der Waals surface area contributed by atoms with Gasteiger partial charge in [-0.1, -0.05) is 24.3 Å². The number of hydrogen-bond donors (Lipinski definition) is 2. The minimum Gasteiger partial charge on any atom is -0.493 e. The van der Waals surface area contributed by atoms with Crippen LogP contribution in [0.5, 0.6) is 11.5 Å². The second-order valence-corrected chi connectivity index (χ2v) is 7.50. The number of hydrogen-bond acceptors (Lipinski definition) is 5. The van der Waals surface area contributed by atoms with Gasteiger partial charge in [-0.25, -0.2) is 4.79 Å². The topological polar surface area (TPSA) is 77.0 Å². The van der Waals surface area contributed by atoms with Gasteiger partial charge in [0.2, 0.25) is 0 Å². The van der Waals surface area contributed by atoms with Crippen LogP contribution in [0.3, 0.4) is 0 Å². The van der Waals surface area contributed by atoms with Crippen molar-refractivity contribution in [3.8, 4) is 11.5 Å². The van der Waals surface area contributed by atoms with Crippen molar-refractivity contribution in [2.75, 3.05) is 19.8 Å². The summed E-state index contributed by atoms with van der Waals surface area (Å²) >= 11 is 0. The molecule has 0 saturated carbocycles. The van der Waals surface area contributed by atoms with Crippen molar-refractivity contribution < 1.29 is 24.1 Å². The molecule has 0 aliphatic carbocycles. The number of rotatable bonds is 8. The van der Waals surface area contributed by atoms with E-state index in [1.807, 2.05) is 44.2 Å². The third-order valence-electron chi connectivity index (χ3n) is 4.04. The summed E-state index contributed by atoms with van der Waals surface area (Å²) in [5, 5.41) is 14.6. The molecular weight excluding hydrogens is 358 g/mol. The van der Waals surface area contributed by atoms with Crippen molar-refractivity contribution in [2.24, 2.45) is 0 Å². The number of ether oxygens (including phenoxy) is 3. The number of aliphatic hydroxyl groups excluding tert-OH is 1. The minimum atomic E-state index is -0.611. The number of carbonyl (C=O) groups excluding carboxylic acids is 1. The van der Waals surface area contributed by atoms with Crippen LogP contribution in [0.15, 0.2) is 30.3 Å². The monoisotopic (exact) mass is 389 g/mol. The highest BCUT2D eigenvalue weighted by molar-refractivity contribution is 5.91. The zero-order chi connectivity index (χ0) is 20.7. The molecule has 0 aromatic heterocycles. The highest BCUT2D eigenvalue weighted by Crippen LogP contribution is 2.38. The normalized spacial score (nSPS) is 12.5.